The lowest BCUT2D eigenvalue weighted by Gasteiger charge is -2.31. The molecular formula is C19H24N2O4S. The molecular weight excluding hydrogens is 352 g/mol. The first-order valence-electron chi connectivity index (χ1n) is 9.38. The van der Waals surface area contributed by atoms with Crippen molar-refractivity contribution in [1.29, 1.82) is 0 Å². The molecule has 1 amide bonds. The van der Waals surface area contributed by atoms with Crippen molar-refractivity contribution in [1.82, 2.24) is 10.3 Å². The Morgan fingerprint density at radius 1 is 1.12 bits per heavy atom. The number of nitrogens with one attached hydrogen (secondary N) is 2. The van der Waals surface area contributed by atoms with Crippen molar-refractivity contribution in [2.75, 3.05) is 5.75 Å². The van der Waals surface area contributed by atoms with Gasteiger partial charge in [0, 0.05) is 17.0 Å². The zero-order valence-electron chi connectivity index (χ0n) is 14.6. The molecule has 2 unspecified atom stereocenters. The first kappa shape index (κ1) is 17.5. The predicted octanol–water partition coefficient (Wildman–Crippen LogP) is 2.10. The number of carbonyl (C=O) groups excluding carboxylic acids is 1. The largest absolute Gasteiger partial charge is 0.345 e. The summed E-state index contributed by atoms with van der Waals surface area (Å²) in [6.07, 6.45) is 8.79. The van der Waals surface area contributed by atoms with Crippen LogP contribution in [0.25, 0.3) is 0 Å². The minimum Gasteiger partial charge on any atom is -0.345 e. The van der Waals surface area contributed by atoms with Gasteiger partial charge in [-0.15, -0.1) is 0 Å². The van der Waals surface area contributed by atoms with E-state index in [0.29, 0.717) is 11.8 Å². The van der Waals surface area contributed by atoms with Crippen LogP contribution >= 0.6 is 0 Å². The van der Waals surface area contributed by atoms with Crippen LogP contribution in [0.3, 0.4) is 0 Å². The highest BCUT2D eigenvalue weighted by molar-refractivity contribution is 7.94. The Morgan fingerprint density at radius 3 is 2.54 bits per heavy atom. The maximum atomic E-state index is 12.5. The third kappa shape index (κ3) is 3.63. The average molecular weight is 376 g/mol. The second-order valence-electron chi connectivity index (χ2n) is 7.79. The Balaban J connectivity index is 1.50. The molecule has 7 heteroatoms. The number of rotatable bonds is 4. The highest BCUT2D eigenvalue weighted by atomic mass is 32.2. The summed E-state index contributed by atoms with van der Waals surface area (Å²) in [6.45, 7) is 0. The van der Waals surface area contributed by atoms with Crippen LogP contribution in [-0.4, -0.2) is 31.1 Å². The molecule has 1 aromatic heterocycles. The van der Waals surface area contributed by atoms with Gasteiger partial charge in [-0.2, -0.15) is 0 Å². The van der Waals surface area contributed by atoms with Crippen molar-refractivity contribution in [2.45, 2.75) is 50.5 Å². The van der Waals surface area contributed by atoms with Gasteiger partial charge in [0.1, 0.15) is 5.56 Å². The molecule has 3 atom stereocenters. The first-order chi connectivity index (χ1) is 12.4. The number of aromatic amines is 1. The summed E-state index contributed by atoms with van der Waals surface area (Å²) in [5, 5.41) is 3.71. The van der Waals surface area contributed by atoms with Gasteiger partial charge in [0.15, 0.2) is 9.84 Å². The van der Waals surface area contributed by atoms with E-state index >= 15 is 0 Å². The Bertz CT molecular complexity index is 898. The van der Waals surface area contributed by atoms with Gasteiger partial charge >= 0.3 is 0 Å². The van der Waals surface area contributed by atoms with E-state index in [1.807, 2.05) is 6.07 Å². The van der Waals surface area contributed by atoms with Crippen molar-refractivity contribution in [3.63, 3.8) is 0 Å². The lowest BCUT2D eigenvalue weighted by molar-refractivity contribution is 0.0946. The maximum Gasteiger partial charge on any atom is 0.261 e. The monoisotopic (exact) mass is 376 g/mol. The fourth-order valence-corrected chi connectivity index (χ4v) is 5.67. The van der Waals surface area contributed by atoms with Gasteiger partial charge in [-0.05, 0) is 55.7 Å². The first-order valence-corrected chi connectivity index (χ1v) is 11.1. The van der Waals surface area contributed by atoms with Crippen LogP contribution in [-0.2, 0) is 9.84 Å². The zero-order chi connectivity index (χ0) is 18.3. The third-order valence-corrected chi connectivity index (χ3v) is 7.27. The fourth-order valence-electron chi connectivity index (χ4n) is 4.43. The molecule has 0 spiro atoms. The number of carbonyl (C=O) groups is 1. The third-order valence-electron chi connectivity index (χ3n) is 5.87. The van der Waals surface area contributed by atoms with Crippen molar-refractivity contribution < 1.29 is 13.2 Å². The van der Waals surface area contributed by atoms with Crippen molar-refractivity contribution in [2.24, 2.45) is 11.8 Å². The van der Waals surface area contributed by atoms with Crippen molar-refractivity contribution in [3.05, 3.63) is 45.2 Å². The van der Waals surface area contributed by atoms with Gasteiger partial charge in [0.05, 0.1) is 11.8 Å². The smallest absolute Gasteiger partial charge is 0.261 e. The highest BCUT2D eigenvalue weighted by Crippen LogP contribution is 2.49. The summed E-state index contributed by atoms with van der Waals surface area (Å²) >= 11 is 0. The highest BCUT2D eigenvalue weighted by Gasteiger charge is 2.38. The van der Waals surface area contributed by atoms with Gasteiger partial charge in [0.2, 0.25) is 0 Å². The number of hydrogen-bond acceptors (Lipinski definition) is 4. The Labute approximate surface area is 153 Å². The van der Waals surface area contributed by atoms with Crippen LogP contribution in [0.2, 0.25) is 0 Å². The van der Waals surface area contributed by atoms with Crippen LogP contribution in [0, 0.1) is 11.8 Å². The molecule has 140 valence electrons. The minimum absolute atomic E-state index is 0.0326. The quantitative estimate of drug-likeness (QED) is 0.841. The number of amides is 1. The summed E-state index contributed by atoms with van der Waals surface area (Å²) in [5.41, 5.74) is 0.571. The van der Waals surface area contributed by atoms with Crippen LogP contribution < -0.4 is 10.9 Å². The topological polar surface area (TPSA) is 96.1 Å². The Hall–Kier alpha value is -1.89. The van der Waals surface area contributed by atoms with Crippen LogP contribution in [0.5, 0.6) is 0 Å². The number of pyridine rings is 1. The summed E-state index contributed by atoms with van der Waals surface area (Å²) < 4.78 is 22.9. The second kappa shape index (κ2) is 6.68. The SMILES string of the molecule is O=C(N[C@@H]1C=CS(=O)(=O)C1)c1ccc(C2CCCCC2C2CC2)[nH]c1=O. The molecule has 2 fully saturated rings. The van der Waals surface area contributed by atoms with E-state index in [4.69, 9.17) is 0 Å². The molecule has 0 radical (unpaired) electrons. The van der Waals surface area contributed by atoms with E-state index in [-0.39, 0.29) is 11.3 Å². The number of hydrogen-bond donors (Lipinski definition) is 2. The van der Waals surface area contributed by atoms with Crippen molar-refractivity contribution in [3.8, 4) is 0 Å². The molecule has 0 aromatic carbocycles. The molecule has 1 aromatic rings. The molecule has 4 rings (SSSR count). The van der Waals surface area contributed by atoms with E-state index in [1.54, 1.807) is 6.07 Å². The van der Waals surface area contributed by atoms with E-state index in [0.717, 1.165) is 23.4 Å². The molecule has 1 aliphatic heterocycles. The molecule has 0 bridgehead atoms. The summed E-state index contributed by atoms with van der Waals surface area (Å²) in [5.74, 6) is 1.13. The fraction of sp³-hybridized carbons (Fsp3) is 0.579. The molecule has 2 heterocycles. The number of H-pyrrole nitrogens is 1. The minimum atomic E-state index is -3.24. The molecule has 3 aliphatic rings. The summed E-state index contributed by atoms with van der Waals surface area (Å²) in [7, 11) is -3.24. The van der Waals surface area contributed by atoms with E-state index in [9.17, 15) is 18.0 Å². The zero-order valence-corrected chi connectivity index (χ0v) is 15.4. The van der Waals surface area contributed by atoms with Crippen LogP contribution in [0.1, 0.15) is 60.5 Å². The van der Waals surface area contributed by atoms with Crippen LogP contribution in [0.15, 0.2) is 28.4 Å². The molecule has 0 saturated heterocycles. The molecule has 26 heavy (non-hydrogen) atoms. The molecule has 2 N–H and O–H groups in total. The average Bonchev–Trinajstić information content (AvgIpc) is 3.39. The van der Waals surface area contributed by atoms with Crippen molar-refractivity contribution >= 4 is 15.7 Å². The molecule has 6 nitrogen and oxygen atoms in total. The lowest BCUT2D eigenvalue weighted by Crippen LogP contribution is -2.38. The van der Waals surface area contributed by atoms with Gasteiger partial charge < -0.3 is 10.3 Å². The van der Waals surface area contributed by atoms with Gasteiger partial charge in [-0.25, -0.2) is 8.42 Å². The van der Waals surface area contributed by atoms with E-state index in [1.165, 1.54) is 38.2 Å². The van der Waals surface area contributed by atoms with Gasteiger partial charge in [-0.1, -0.05) is 12.8 Å². The maximum absolute atomic E-state index is 12.5. The van der Waals surface area contributed by atoms with E-state index in [2.05, 4.69) is 10.3 Å². The molecule has 2 saturated carbocycles. The lowest BCUT2D eigenvalue weighted by atomic mass is 9.74. The second-order valence-corrected chi connectivity index (χ2v) is 9.72. The van der Waals surface area contributed by atoms with E-state index < -0.39 is 27.3 Å². The van der Waals surface area contributed by atoms with Gasteiger partial charge in [0.25, 0.3) is 11.5 Å². The van der Waals surface area contributed by atoms with Gasteiger partial charge in [-0.3, -0.25) is 9.59 Å². The van der Waals surface area contributed by atoms with Crippen LogP contribution in [0.4, 0.5) is 0 Å². The predicted molar refractivity (Wildman–Crippen MR) is 98.7 cm³/mol. The Kier molecular flexibility index (Phi) is 4.50. The Morgan fingerprint density at radius 2 is 1.88 bits per heavy atom. The molecule has 2 aliphatic carbocycles. The number of aromatic nitrogens is 1. The summed E-state index contributed by atoms with van der Waals surface area (Å²) in [4.78, 5) is 27.7. The summed E-state index contributed by atoms with van der Waals surface area (Å²) in [6, 6.07) is 2.86. The number of sulfone groups is 1. The standard InChI is InChI=1S/C19H24N2O4S/c22-18(20-13-9-10-26(24,25)11-13)16-7-8-17(21-19(16)23)15-4-2-1-3-14(15)12-5-6-12/h7-10,12-15H,1-6,11H2,(H,20,22)(H,21,23)/t13-,14?,15?/m1/s1. The normalized spacial score (nSPS) is 30.2.